The Morgan fingerprint density at radius 3 is 2.30 bits per heavy atom. The Morgan fingerprint density at radius 1 is 1.00 bits per heavy atom. The predicted octanol–water partition coefficient (Wildman–Crippen LogP) is 6.99. The van der Waals surface area contributed by atoms with Gasteiger partial charge in [-0.25, -0.2) is 8.42 Å². The molecule has 2 saturated carbocycles. The van der Waals surface area contributed by atoms with E-state index in [0.29, 0.717) is 40.5 Å². The third kappa shape index (κ3) is 7.95. The third-order valence-corrected chi connectivity index (χ3v) is 12.8. The maximum absolute atomic E-state index is 14.7. The maximum Gasteiger partial charge on any atom is 0.416 e. The zero-order valence-electron chi connectivity index (χ0n) is 30.2. The number of benzene rings is 3. The molecule has 1 heterocycles. The van der Waals surface area contributed by atoms with Gasteiger partial charge in [0.2, 0.25) is 21.8 Å². The van der Waals surface area contributed by atoms with Crippen molar-refractivity contribution in [2.75, 3.05) is 5.32 Å². The number of amides is 3. The van der Waals surface area contributed by atoms with Crippen LogP contribution in [0.3, 0.4) is 0 Å². The number of ether oxygens (including phenoxy) is 1. The average Bonchev–Trinajstić information content (AvgIpc) is 4.02. The van der Waals surface area contributed by atoms with Crippen molar-refractivity contribution in [1.29, 1.82) is 0 Å². The van der Waals surface area contributed by atoms with Gasteiger partial charge in [-0.05, 0) is 91.3 Å². The van der Waals surface area contributed by atoms with Crippen LogP contribution in [0.25, 0.3) is 0 Å². The highest BCUT2D eigenvalue weighted by molar-refractivity contribution is 7.91. The highest BCUT2D eigenvalue weighted by Gasteiger charge is 2.62. The van der Waals surface area contributed by atoms with E-state index in [2.05, 4.69) is 21.9 Å². The summed E-state index contributed by atoms with van der Waals surface area (Å²) in [4.78, 5) is 44.1. The normalized spacial score (nSPS) is 22.3. The van der Waals surface area contributed by atoms with Gasteiger partial charge < -0.3 is 20.3 Å². The smallest absolute Gasteiger partial charge is 0.416 e. The molecule has 54 heavy (non-hydrogen) atoms. The second-order valence-electron chi connectivity index (χ2n) is 15.6. The third-order valence-electron chi connectivity index (χ3n) is 10.4. The van der Waals surface area contributed by atoms with Crippen molar-refractivity contribution in [3.8, 4) is 11.5 Å². The van der Waals surface area contributed by atoms with Crippen LogP contribution < -0.4 is 20.1 Å². The Morgan fingerprint density at radius 2 is 1.69 bits per heavy atom. The van der Waals surface area contributed by atoms with Crippen molar-refractivity contribution in [2.45, 2.75) is 88.5 Å². The maximum atomic E-state index is 14.7. The first-order valence-corrected chi connectivity index (χ1v) is 19.3. The summed E-state index contributed by atoms with van der Waals surface area (Å²) in [5, 5.41) is 6.25. The number of nitrogens with one attached hydrogen (secondary N) is 3. The van der Waals surface area contributed by atoms with Gasteiger partial charge in [0, 0.05) is 29.6 Å². The summed E-state index contributed by atoms with van der Waals surface area (Å²) in [6.45, 7) is 10.5. The molecule has 0 spiro atoms. The summed E-state index contributed by atoms with van der Waals surface area (Å²) in [7, 11) is -4.04. The number of hydrogen-bond acceptors (Lipinski definition) is 7. The Kier molecular flexibility index (Phi) is 10.1. The summed E-state index contributed by atoms with van der Waals surface area (Å²) in [5.41, 5.74) is -1.94. The molecule has 0 unspecified atom stereocenters. The van der Waals surface area contributed by atoms with Crippen LogP contribution in [0, 0.1) is 11.3 Å². The van der Waals surface area contributed by atoms with E-state index in [1.54, 1.807) is 63.2 Å². The van der Waals surface area contributed by atoms with E-state index in [1.165, 1.54) is 30.0 Å². The van der Waals surface area contributed by atoms with Crippen molar-refractivity contribution >= 4 is 45.0 Å². The number of carbonyl (C=O) groups is 3. The molecule has 6 rings (SSSR count). The fourth-order valence-electron chi connectivity index (χ4n) is 6.64. The first kappa shape index (κ1) is 39.1. The van der Waals surface area contributed by atoms with Gasteiger partial charge in [0.1, 0.15) is 29.1 Å². The molecule has 3 aromatic rings. The van der Waals surface area contributed by atoms with E-state index in [-0.39, 0.29) is 25.1 Å². The van der Waals surface area contributed by atoms with Crippen molar-refractivity contribution in [3.63, 3.8) is 0 Å². The molecule has 0 saturated heterocycles. The summed E-state index contributed by atoms with van der Waals surface area (Å²) < 4.78 is 74.0. The van der Waals surface area contributed by atoms with Crippen molar-refractivity contribution in [2.24, 2.45) is 11.3 Å². The molecule has 15 heteroatoms. The average molecular weight is 787 g/mol. The Bertz CT molecular complexity index is 2120. The molecule has 2 fully saturated rings. The number of rotatable bonds is 11. The minimum atomic E-state index is -4.61. The summed E-state index contributed by atoms with van der Waals surface area (Å²) in [6, 6.07) is 14.2. The molecule has 3 N–H and O–H groups in total. The number of fused-ring (bicyclic) bond motifs is 1. The van der Waals surface area contributed by atoms with Crippen LogP contribution in [0.1, 0.15) is 63.6 Å². The zero-order valence-corrected chi connectivity index (χ0v) is 31.8. The first-order valence-electron chi connectivity index (χ1n) is 17.5. The summed E-state index contributed by atoms with van der Waals surface area (Å²) >= 11 is 6.14. The molecular weight excluding hydrogens is 745 g/mol. The van der Waals surface area contributed by atoms with Gasteiger partial charge >= 0.3 is 6.18 Å². The molecule has 288 valence electrons. The van der Waals surface area contributed by atoms with E-state index in [0.717, 1.165) is 12.1 Å². The quantitative estimate of drug-likeness (QED) is 0.179. The van der Waals surface area contributed by atoms with Crippen LogP contribution in [0.2, 0.25) is 5.02 Å². The van der Waals surface area contributed by atoms with Crippen LogP contribution >= 0.6 is 11.6 Å². The number of halogens is 4. The molecule has 3 amide bonds. The van der Waals surface area contributed by atoms with Gasteiger partial charge in [-0.1, -0.05) is 56.6 Å². The number of anilines is 1. The Labute approximate surface area is 317 Å². The molecule has 3 aromatic carbocycles. The molecule has 1 aliphatic heterocycles. The molecule has 0 radical (unpaired) electrons. The largest absolute Gasteiger partial charge is 0.457 e. The van der Waals surface area contributed by atoms with Crippen molar-refractivity contribution < 1.29 is 40.7 Å². The van der Waals surface area contributed by atoms with E-state index in [4.69, 9.17) is 16.3 Å². The number of carbonyl (C=O) groups excluding carboxylic acids is 3. The second kappa shape index (κ2) is 13.9. The van der Waals surface area contributed by atoms with Crippen LogP contribution in [0.5, 0.6) is 11.5 Å². The van der Waals surface area contributed by atoms with Gasteiger partial charge in [0.05, 0.1) is 10.3 Å². The van der Waals surface area contributed by atoms with Crippen LogP contribution in [0.4, 0.5) is 18.9 Å². The van der Waals surface area contributed by atoms with E-state index in [1.807, 2.05) is 0 Å². The standard InChI is InChI=1S/C39H42ClF3N4O6S/c1-6-25-21-38(25,35(50)46-54(51,52)37(5)15-16-37)45-33(48)31-18-24-17-30(53-29-12-8-10-27(40)20-29)14-13-23(24)22-47(31)34(49)32(36(2,3)4)44-28-11-7-9-26(19-28)39(41,42)43/h6-14,17,19-20,25,31-32,44H,1,15-16,18,21-22H2,2-5H3,(H,45,48)(H,46,50)/t25-,31+,32-,38-/m1/s1. The van der Waals surface area contributed by atoms with E-state index < -0.39 is 73.2 Å². The molecule has 4 atom stereocenters. The minimum absolute atomic E-state index is 0.0209. The molecule has 2 aliphatic carbocycles. The van der Waals surface area contributed by atoms with E-state index >= 15 is 0 Å². The molecular formula is C39H42ClF3N4O6S. The zero-order chi connectivity index (χ0) is 39.4. The molecule has 0 aromatic heterocycles. The lowest BCUT2D eigenvalue weighted by Gasteiger charge is -2.41. The van der Waals surface area contributed by atoms with Gasteiger partial charge in [0.25, 0.3) is 5.91 Å². The lowest BCUT2D eigenvalue weighted by molar-refractivity contribution is -0.145. The summed E-state index contributed by atoms with van der Waals surface area (Å²) in [6.07, 6.45) is -2.28. The van der Waals surface area contributed by atoms with Crippen LogP contribution in [-0.4, -0.2) is 53.4 Å². The lowest BCUT2D eigenvalue weighted by atomic mass is 9.84. The molecule has 3 aliphatic rings. The predicted molar refractivity (Wildman–Crippen MR) is 198 cm³/mol. The second-order valence-corrected chi connectivity index (χ2v) is 18.2. The highest BCUT2D eigenvalue weighted by Crippen LogP contribution is 2.47. The van der Waals surface area contributed by atoms with Gasteiger partial charge in [-0.15, -0.1) is 6.58 Å². The SMILES string of the molecule is C=C[C@@H]1C[C@]1(NC(=O)[C@@H]1Cc2cc(Oc3cccc(Cl)c3)ccc2CN1C(=O)[C@@H](Nc1cccc(C(F)(F)F)c1)C(C)(C)C)C(=O)NS(=O)(=O)C1(C)CC1. The van der Waals surface area contributed by atoms with Crippen molar-refractivity contribution in [3.05, 3.63) is 101 Å². The van der Waals surface area contributed by atoms with Crippen molar-refractivity contribution in [1.82, 2.24) is 14.9 Å². The van der Waals surface area contributed by atoms with E-state index in [9.17, 15) is 36.0 Å². The number of nitrogens with zero attached hydrogens (tertiary/aromatic N) is 1. The minimum Gasteiger partial charge on any atom is -0.457 e. The van der Waals surface area contributed by atoms with Gasteiger partial charge in [0.15, 0.2) is 0 Å². The summed E-state index contributed by atoms with van der Waals surface area (Å²) in [5.74, 6) is -1.83. The van der Waals surface area contributed by atoms with Gasteiger partial charge in [-0.3, -0.25) is 19.1 Å². The number of alkyl halides is 3. The highest BCUT2D eigenvalue weighted by atomic mass is 35.5. The number of hydrogen-bond donors (Lipinski definition) is 3. The van der Waals surface area contributed by atoms with Crippen LogP contribution in [-0.2, 0) is 43.5 Å². The van der Waals surface area contributed by atoms with Gasteiger partial charge in [-0.2, -0.15) is 13.2 Å². The first-order chi connectivity index (χ1) is 25.2. The Hall–Kier alpha value is -4.56. The monoisotopic (exact) mass is 786 g/mol. The topological polar surface area (TPSA) is 134 Å². The number of sulfonamides is 1. The Balaban J connectivity index is 1.34. The molecule has 10 nitrogen and oxygen atoms in total. The fourth-order valence-corrected chi connectivity index (χ4v) is 8.13. The van der Waals surface area contributed by atoms with Crippen LogP contribution in [0.15, 0.2) is 79.4 Å². The lowest BCUT2D eigenvalue weighted by Crippen LogP contribution is -2.61. The molecule has 0 bridgehead atoms. The fraction of sp³-hybridized carbons (Fsp3) is 0.410.